The monoisotopic (exact) mass is 271 g/mol. The van der Waals surface area contributed by atoms with E-state index in [1.54, 1.807) is 31.2 Å². The standard InChI is InChI=1S/C15H17N3O2/c1-10-8-12(9-14(16)17-10)15(20)18-13-4-2-11(3-5-13)6-7-19/h2-5,8-9,19H,6-7H2,1H3,(H2,16,17)(H,18,20). The average molecular weight is 271 g/mol. The van der Waals surface area contributed by atoms with Gasteiger partial charge >= 0.3 is 0 Å². The Kier molecular flexibility index (Phi) is 4.32. The van der Waals surface area contributed by atoms with Crippen molar-refractivity contribution in [1.82, 2.24) is 4.98 Å². The Labute approximate surface area is 117 Å². The molecule has 0 bridgehead atoms. The number of carbonyl (C=O) groups is 1. The van der Waals surface area contributed by atoms with Gasteiger partial charge in [0.15, 0.2) is 0 Å². The number of nitrogen functional groups attached to an aromatic ring is 1. The second-order valence-electron chi connectivity index (χ2n) is 4.55. The van der Waals surface area contributed by atoms with Gasteiger partial charge in [0.25, 0.3) is 5.91 Å². The van der Waals surface area contributed by atoms with E-state index in [0.29, 0.717) is 29.2 Å². The molecular formula is C15H17N3O2. The summed E-state index contributed by atoms with van der Waals surface area (Å²) in [6.45, 7) is 1.90. The first-order chi connectivity index (χ1) is 9.58. The zero-order valence-electron chi connectivity index (χ0n) is 11.3. The number of anilines is 2. The molecule has 0 aliphatic rings. The Balaban J connectivity index is 2.10. The molecule has 104 valence electrons. The number of aromatic nitrogens is 1. The fourth-order valence-electron chi connectivity index (χ4n) is 1.91. The summed E-state index contributed by atoms with van der Waals surface area (Å²) in [7, 11) is 0. The summed E-state index contributed by atoms with van der Waals surface area (Å²) in [6.07, 6.45) is 0.605. The molecule has 1 aromatic heterocycles. The molecule has 0 saturated heterocycles. The third kappa shape index (κ3) is 3.55. The van der Waals surface area contributed by atoms with Gasteiger partial charge in [0.2, 0.25) is 0 Å². The van der Waals surface area contributed by atoms with Crippen LogP contribution in [0.1, 0.15) is 21.6 Å². The Morgan fingerprint density at radius 1 is 1.30 bits per heavy atom. The van der Waals surface area contributed by atoms with Crippen LogP contribution in [0.4, 0.5) is 11.5 Å². The van der Waals surface area contributed by atoms with E-state index in [2.05, 4.69) is 10.3 Å². The molecule has 2 aromatic rings. The minimum absolute atomic E-state index is 0.112. The molecule has 2 rings (SSSR count). The lowest BCUT2D eigenvalue weighted by Crippen LogP contribution is -2.13. The minimum atomic E-state index is -0.225. The van der Waals surface area contributed by atoms with Crippen molar-refractivity contribution in [3.63, 3.8) is 0 Å². The molecule has 0 fully saturated rings. The van der Waals surface area contributed by atoms with Crippen LogP contribution < -0.4 is 11.1 Å². The number of rotatable bonds is 4. The van der Waals surface area contributed by atoms with E-state index in [4.69, 9.17) is 10.8 Å². The van der Waals surface area contributed by atoms with Crippen LogP contribution >= 0.6 is 0 Å². The van der Waals surface area contributed by atoms with Crippen LogP contribution in [0.3, 0.4) is 0 Å². The van der Waals surface area contributed by atoms with Gasteiger partial charge in [-0.3, -0.25) is 4.79 Å². The average Bonchev–Trinajstić information content (AvgIpc) is 2.40. The highest BCUT2D eigenvalue weighted by atomic mass is 16.2. The third-order valence-electron chi connectivity index (χ3n) is 2.85. The van der Waals surface area contributed by atoms with Crippen molar-refractivity contribution in [2.75, 3.05) is 17.7 Å². The van der Waals surface area contributed by atoms with Gasteiger partial charge in [0.05, 0.1) is 0 Å². The summed E-state index contributed by atoms with van der Waals surface area (Å²) < 4.78 is 0. The number of hydrogen-bond acceptors (Lipinski definition) is 4. The summed E-state index contributed by atoms with van der Waals surface area (Å²) >= 11 is 0. The number of benzene rings is 1. The quantitative estimate of drug-likeness (QED) is 0.790. The number of pyridine rings is 1. The normalized spacial score (nSPS) is 10.3. The molecule has 5 nitrogen and oxygen atoms in total. The number of aryl methyl sites for hydroxylation is 1. The fourth-order valence-corrected chi connectivity index (χ4v) is 1.91. The lowest BCUT2D eigenvalue weighted by Gasteiger charge is -2.07. The van der Waals surface area contributed by atoms with Crippen LogP contribution in [0, 0.1) is 6.92 Å². The maximum Gasteiger partial charge on any atom is 0.255 e. The number of aliphatic hydroxyl groups excluding tert-OH is 1. The lowest BCUT2D eigenvalue weighted by atomic mass is 10.1. The second-order valence-corrected chi connectivity index (χ2v) is 4.55. The van der Waals surface area contributed by atoms with Gasteiger partial charge in [-0.15, -0.1) is 0 Å². The summed E-state index contributed by atoms with van der Waals surface area (Å²) in [5.41, 5.74) is 8.53. The van der Waals surface area contributed by atoms with Gasteiger partial charge in [0, 0.05) is 23.6 Å². The highest BCUT2D eigenvalue weighted by Gasteiger charge is 2.08. The van der Waals surface area contributed by atoms with Gasteiger partial charge in [0.1, 0.15) is 5.82 Å². The number of carbonyl (C=O) groups excluding carboxylic acids is 1. The molecule has 0 aliphatic heterocycles. The van der Waals surface area contributed by atoms with Crippen LogP contribution in [-0.4, -0.2) is 22.6 Å². The zero-order valence-corrected chi connectivity index (χ0v) is 11.3. The molecule has 1 heterocycles. The van der Waals surface area contributed by atoms with Crippen molar-refractivity contribution >= 4 is 17.4 Å². The number of nitrogens with zero attached hydrogens (tertiary/aromatic N) is 1. The van der Waals surface area contributed by atoms with Crippen molar-refractivity contribution in [2.45, 2.75) is 13.3 Å². The minimum Gasteiger partial charge on any atom is -0.396 e. The second kappa shape index (κ2) is 6.16. The summed E-state index contributed by atoms with van der Waals surface area (Å²) in [6, 6.07) is 10.6. The smallest absolute Gasteiger partial charge is 0.255 e. The molecule has 0 unspecified atom stereocenters. The third-order valence-corrected chi connectivity index (χ3v) is 2.85. The van der Waals surface area contributed by atoms with E-state index < -0.39 is 0 Å². The molecule has 5 heteroatoms. The van der Waals surface area contributed by atoms with Crippen molar-refractivity contribution in [1.29, 1.82) is 0 Å². The summed E-state index contributed by atoms with van der Waals surface area (Å²) in [4.78, 5) is 16.1. The predicted octanol–water partition coefficient (Wildman–Crippen LogP) is 1.76. The van der Waals surface area contributed by atoms with Crippen LogP contribution in [0.2, 0.25) is 0 Å². The molecule has 0 aliphatic carbocycles. The van der Waals surface area contributed by atoms with E-state index in [9.17, 15) is 4.79 Å². The van der Waals surface area contributed by atoms with Crippen molar-refractivity contribution in [3.05, 3.63) is 53.2 Å². The number of nitrogens with one attached hydrogen (secondary N) is 1. The summed E-state index contributed by atoms with van der Waals surface area (Å²) in [5.74, 6) is 0.102. The first-order valence-electron chi connectivity index (χ1n) is 6.34. The molecule has 0 saturated carbocycles. The Hall–Kier alpha value is -2.40. The van der Waals surface area contributed by atoms with E-state index in [0.717, 1.165) is 5.56 Å². The lowest BCUT2D eigenvalue weighted by molar-refractivity contribution is 0.102. The van der Waals surface area contributed by atoms with E-state index >= 15 is 0 Å². The molecular weight excluding hydrogens is 254 g/mol. The number of aliphatic hydroxyl groups is 1. The molecule has 4 N–H and O–H groups in total. The van der Waals surface area contributed by atoms with Crippen molar-refractivity contribution < 1.29 is 9.90 Å². The number of hydrogen-bond donors (Lipinski definition) is 3. The topological polar surface area (TPSA) is 88.2 Å². The van der Waals surface area contributed by atoms with Gasteiger partial charge < -0.3 is 16.2 Å². The number of nitrogens with two attached hydrogens (primary N) is 1. The maximum atomic E-state index is 12.1. The van der Waals surface area contributed by atoms with E-state index in [-0.39, 0.29) is 12.5 Å². The predicted molar refractivity (Wildman–Crippen MR) is 78.6 cm³/mol. The van der Waals surface area contributed by atoms with Gasteiger partial charge in [-0.25, -0.2) is 4.98 Å². The Bertz CT molecular complexity index is 589. The molecule has 20 heavy (non-hydrogen) atoms. The van der Waals surface area contributed by atoms with Gasteiger partial charge in [-0.1, -0.05) is 12.1 Å². The van der Waals surface area contributed by atoms with Crippen LogP contribution in [0.15, 0.2) is 36.4 Å². The van der Waals surface area contributed by atoms with Gasteiger partial charge in [-0.2, -0.15) is 0 Å². The first kappa shape index (κ1) is 14.0. The Morgan fingerprint density at radius 2 is 2.00 bits per heavy atom. The first-order valence-corrected chi connectivity index (χ1v) is 6.34. The van der Waals surface area contributed by atoms with E-state index in [1.165, 1.54) is 0 Å². The highest BCUT2D eigenvalue weighted by Crippen LogP contribution is 2.13. The molecule has 0 atom stereocenters. The van der Waals surface area contributed by atoms with Crippen LogP contribution in [-0.2, 0) is 6.42 Å². The zero-order chi connectivity index (χ0) is 14.5. The van der Waals surface area contributed by atoms with Crippen LogP contribution in [0.25, 0.3) is 0 Å². The molecule has 1 aromatic carbocycles. The largest absolute Gasteiger partial charge is 0.396 e. The van der Waals surface area contributed by atoms with Crippen molar-refractivity contribution in [2.24, 2.45) is 0 Å². The van der Waals surface area contributed by atoms with Gasteiger partial charge in [-0.05, 0) is 43.2 Å². The molecule has 0 spiro atoms. The van der Waals surface area contributed by atoms with Crippen LogP contribution in [0.5, 0.6) is 0 Å². The summed E-state index contributed by atoms with van der Waals surface area (Å²) in [5, 5.41) is 11.6. The van der Waals surface area contributed by atoms with E-state index in [1.807, 2.05) is 12.1 Å². The van der Waals surface area contributed by atoms with Crippen molar-refractivity contribution in [3.8, 4) is 0 Å². The number of amides is 1. The molecule has 1 amide bonds. The maximum absolute atomic E-state index is 12.1. The fraction of sp³-hybridized carbons (Fsp3) is 0.200. The Morgan fingerprint density at radius 3 is 2.60 bits per heavy atom. The highest BCUT2D eigenvalue weighted by molar-refractivity contribution is 6.04. The molecule has 0 radical (unpaired) electrons. The SMILES string of the molecule is Cc1cc(C(=O)Nc2ccc(CCO)cc2)cc(N)n1.